The van der Waals surface area contributed by atoms with Crippen molar-refractivity contribution in [2.24, 2.45) is 0 Å². The van der Waals surface area contributed by atoms with E-state index >= 15 is 0 Å². The summed E-state index contributed by atoms with van der Waals surface area (Å²) in [5.74, 6) is 0. The first kappa shape index (κ1) is 10.0. The van der Waals surface area contributed by atoms with Crippen molar-refractivity contribution in [3.05, 3.63) is 59.6 Å². The lowest BCUT2D eigenvalue weighted by molar-refractivity contribution is 0.563. The second-order valence-electron chi connectivity index (χ2n) is 3.57. The minimum Gasteiger partial charge on any atom is -0.222 e. The maximum Gasteiger partial charge on any atom is 0.231 e. The van der Waals surface area contributed by atoms with Gasteiger partial charge in [0, 0.05) is 0 Å². The van der Waals surface area contributed by atoms with Crippen LogP contribution in [0.1, 0.15) is 13.9 Å². The number of carbonyl (C=O) groups excluding carboxylic acids is 1. The zero-order valence-electron chi connectivity index (χ0n) is 11.9. The Bertz CT molecular complexity index is 618. The van der Waals surface area contributed by atoms with E-state index in [0.717, 1.165) is 28.3 Å². The van der Waals surface area contributed by atoms with Gasteiger partial charge in [0.15, 0.2) is 0 Å². The van der Waals surface area contributed by atoms with Gasteiger partial charge in [-0.05, 0) is 30.5 Å². The second-order valence-corrected chi connectivity index (χ2v) is 3.57. The molecule has 0 aliphatic heterocycles. The molecule has 0 saturated heterocycles. The highest BCUT2D eigenvalue weighted by molar-refractivity contribution is 5.67. The molecule has 2 rings (SSSR count). The van der Waals surface area contributed by atoms with Crippen molar-refractivity contribution in [3.63, 3.8) is 0 Å². The lowest BCUT2D eigenvalue weighted by atomic mass is 9.99. The Hall–Kier alpha value is -2.18. The smallest absolute Gasteiger partial charge is 0.222 e. The molecule has 17 heavy (non-hydrogen) atoms. The number of aryl methyl sites for hydroxylation is 1. The molecule has 0 amide bonds. The fourth-order valence-corrected chi connectivity index (χ4v) is 1.61. The Morgan fingerprint density at radius 1 is 1.18 bits per heavy atom. The zero-order chi connectivity index (χ0) is 14.4. The molecule has 0 heterocycles. The minimum absolute atomic E-state index is 0.504. The van der Waals surface area contributed by atoms with Crippen molar-refractivity contribution < 1.29 is 7.54 Å². The first-order chi connectivity index (χ1) is 9.01. The standard InChI is InChI=1S/C14H14.CHNO/c1-11-8-9-14(12(2)10-11)13-6-4-3-5-7-13;2-1-3/h3-10H,1-2H3;2H/i4D,10D;. The quantitative estimate of drug-likeness (QED) is 0.583. The van der Waals surface area contributed by atoms with Crippen molar-refractivity contribution in [2.45, 2.75) is 13.8 Å². The van der Waals surface area contributed by atoms with E-state index in [1.54, 1.807) is 6.07 Å². The van der Waals surface area contributed by atoms with Crippen LogP contribution < -0.4 is 0 Å². The van der Waals surface area contributed by atoms with Crippen LogP contribution in [0.15, 0.2) is 48.5 Å². The van der Waals surface area contributed by atoms with E-state index in [2.05, 4.69) is 0 Å². The van der Waals surface area contributed by atoms with E-state index in [1.165, 1.54) is 0 Å². The first-order valence-electron chi connectivity index (χ1n) is 6.19. The Morgan fingerprint density at radius 2 is 1.88 bits per heavy atom. The fourth-order valence-electron chi connectivity index (χ4n) is 1.61. The summed E-state index contributed by atoms with van der Waals surface area (Å²) in [4.78, 5) is 8.35. The molecule has 2 nitrogen and oxygen atoms in total. The molecular formula is C15H15NO. The highest BCUT2D eigenvalue weighted by atomic mass is 16.1. The molecule has 2 aromatic carbocycles. The predicted octanol–water partition coefficient (Wildman–Crippen LogP) is 3.87. The third kappa shape index (κ3) is 3.71. The van der Waals surface area contributed by atoms with Gasteiger partial charge in [0.05, 0.1) is 2.74 Å². The van der Waals surface area contributed by atoms with Crippen molar-refractivity contribution in [1.82, 2.24) is 0 Å². The average molecular weight is 227 g/mol. The lowest BCUT2D eigenvalue weighted by Crippen LogP contribution is -1.83. The highest BCUT2D eigenvalue weighted by Gasteiger charge is 1.99. The van der Waals surface area contributed by atoms with Gasteiger partial charge in [-0.3, -0.25) is 0 Å². The van der Waals surface area contributed by atoms with E-state index in [1.807, 2.05) is 44.2 Å². The number of benzene rings is 2. The fraction of sp³-hybridized carbons (Fsp3) is 0.133. The predicted molar refractivity (Wildman–Crippen MR) is 69.8 cm³/mol. The molecule has 0 unspecified atom stereocenters. The van der Waals surface area contributed by atoms with Crippen LogP contribution >= 0.6 is 0 Å². The van der Waals surface area contributed by atoms with Crippen LogP contribution in [0.2, 0.25) is 0 Å². The first-order valence-corrected chi connectivity index (χ1v) is 5.19. The third-order valence-electron chi connectivity index (χ3n) is 2.31. The van der Waals surface area contributed by atoms with Gasteiger partial charge in [0.1, 0.15) is 0 Å². The molecule has 0 saturated carbocycles. The van der Waals surface area contributed by atoms with Crippen LogP contribution in [0.25, 0.3) is 11.1 Å². The van der Waals surface area contributed by atoms with Crippen molar-refractivity contribution >= 4 is 6.08 Å². The van der Waals surface area contributed by atoms with Crippen LogP contribution in [0.5, 0.6) is 0 Å². The van der Waals surface area contributed by atoms with Gasteiger partial charge in [-0.2, -0.15) is 0 Å². The van der Waals surface area contributed by atoms with Crippen LogP contribution in [0.3, 0.4) is 0 Å². The summed E-state index contributed by atoms with van der Waals surface area (Å²) >= 11 is 0. The van der Waals surface area contributed by atoms with Gasteiger partial charge >= 0.3 is 0 Å². The molecular weight excluding hydrogens is 210 g/mol. The van der Waals surface area contributed by atoms with Crippen LogP contribution in [0.4, 0.5) is 0 Å². The van der Waals surface area contributed by atoms with Gasteiger partial charge in [-0.25, -0.2) is 10.2 Å². The number of hydrogen-bond acceptors (Lipinski definition) is 2. The van der Waals surface area contributed by atoms with E-state index in [-0.39, 0.29) is 0 Å². The monoisotopic (exact) mass is 227 g/mol. The van der Waals surface area contributed by atoms with Gasteiger partial charge in [0.2, 0.25) is 6.08 Å². The Morgan fingerprint density at radius 3 is 2.53 bits per heavy atom. The van der Waals surface area contributed by atoms with Crippen LogP contribution in [0, 0.1) is 19.3 Å². The zero-order valence-corrected chi connectivity index (χ0v) is 9.87. The summed E-state index contributed by atoms with van der Waals surface area (Å²) in [6.07, 6.45) is 0.750. The molecule has 0 aliphatic rings. The molecule has 0 radical (unpaired) electrons. The SMILES string of the molecule is N=C=O.[2H]c1cccc(-c2ccc(C)c([2H])c2C)c1. The van der Waals surface area contributed by atoms with Crippen molar-refractivity contribution in [1.29, 1.82) is 5.41 Å². The Kier molecular flexibility index (Phi) is 3.77. The van der Waals surface area contributed by atoms with E-state index in [0.29, 0.717) is 12.1 Å². The highest BCUT2D eigenvalue weighted by Crippen LogP contribution is 2.23. The van der Waals surface area contributed by atoms with Crippen molar-refractivity contribution in [3.8, 4) is 11.1 Å². The summed E-state index contributed by atoms with van der Waals surface area (Å²) in [6.45, 7) is 3.90. The summed E-state index contributed by atoms with van der Waals surface area (Å²) in [6, 6.07) is 12.5. The Labute approximate surface area is 104 Å². The minimum atomic E-state index is 0.504. The Balaban J connectivity index is 0.000000550. The maximum absolute atomic E-state index is 8.35. The van der Waals surface area contributed by atoms with Gasteiger partial charge in [-0.15, -0.1) is 0 Å². The van der Waals surface area contributed by atoms with Crippen LogP contribution in [-0.2, 0) is 4.79 Å². The molecule has 1 N–H and O–H groups in total. The molecule has 2 heteroatoms. The number of nitrogens with one attached hydrogen (secondary N) is 1. The largest absolute Gasteiger partial charge is 0.231 e. The van der Waals surface area contributed by atoms with E-state index in [4.69, 9.17) is 12.9 Å². The molecule has 0 bridgehead atoms. The summed E-state index contributed by atoms with van der Waals surface area (Å²) in [5, 5.41) is 5.40. The summed E-state index contributed by atoms with van der Waals surface area (Å²) in [7, 11) is 0. The van der Waals surface area contributed by atoms with Crippen molar-refractivity contribution in [2.75, 3.05) is 0 Å². The molecule has 0 fully saturated rings. The van der Waals surface area contributed by atoms with Gasteiger partial charge in [0.25, 0.3) is 0 Å². The summed E-state index contributed by atoms with van der Waals surface area (Å²) in [5.41, 5.74) is 4.03. The molecule has 2 aromatic rings. The normalized spacial score (nSPS) is 10.5. The number of isocyanates is 1. The number of hydrogen-bond donors (Lipinski definition) is 1. The van der Waals surface area contributed by atoms with Gasteiger partial charge < -0.3 is 0 Å². The molecule has 0 atom stereocenters. The van der Waals surface area contributed by atoms with E-state index < -0.39 is 0 Å². The third-order valence-corrected chi connectivity index (χ3v) is 2.31. The molecule has 0 spiro atoms. The summed E-state index contributed by atoms with van der Waals surface area (Å²) < 4.78 is 15.5. The second kappa shape index (κ2) is 6.41. The van der Waals surface area contributed by atoms with E-state index in [9.17, 15) is 0 Å². The topological polar surface area (TPSA) is 40.9 Å². The maximum atomic E-state index is 8.35. The van der Waals surface area contributed by atoms with Gasteiger partial charge in [-0.1, -0.05) is 54.0 Å². The van der Waals surface area contributed by atoms with Crippen LogP contribution in [-0.4, -0.2) is 6.08 Å². The molecule has 86 valence electrons. The molecule has 0 aliphatic carbocycles. The number of rotatable bonds is 1. The lowest BCUT2D eigenvalue weighted by Gasteiger charge is -2.06. The average Bonchev–Trinajstić information content (AvgIpc) is 2.37. The molecule has 0 aromatic heterocycles.